The van der Waals surface area contributed by atoms with Crippen molar-refractivity contribution in [1.82, 2.24) is 14.7 Å². The molecule has 1 aromatic carbocycles. The van der Waals surface area contributed by atoms with Crippen LogP contribution in [0.2, 0.25) is 0 Å². The second-order valence-corrected chi connectivity index (χ2v) is 6.00. The topological polar surface area (TPSA) is 47.1 Å². The molecular formula is C16H26N4. The maximum atomic E-state index is 6.51. The maximum Gasteiger partial charge on any atom is 0.0719 e. The van der Waals surface area contributed by atoms with Crippen LogP contribution in [-0.2, 0) is 13.5 Å². The van der Waals surface area contributed by atoms with Crippen molar-refractivity contribution in [2.75, 3.05) is 14.1 Å². The molecule has 20 heavy (non-hydrogen) atoms. The highest BCUT2D eigenvalue weighted by Crippen LogP contribution is 2.25. The Hall–Kier alpha value is -1.39. The molecule has 4 heteroatoms. The summed E-state index contributed by atoms with van der Waals surface area (Å²) in [5, 5.41) is 5.87. The second-order valence-electron chi connectivity index (χ2n) is 6.00. The first-order valence-corrected chi connectivity index (χ1v) is 7.23. The smallest absolute Gasteiger partial charge is 0.0719 e. The van der Waals surface area contributed by atoms with Crippen LogP contribution in [0, 0.1) is 0 Å². The van der Waals surface area contributed by atoms with Crippen LogP contribution in [-0.4, -0.2) is 40.4 Å². The number of aromatic nitrogens is 2. The summed E-state index contributed by atoms with van der Waals surface area (Å²) in [6.45, 7) is 4.42. The summed E-state index contributed by atoms with van der Waals surface area (Å²) < 4.78 is 1.94. The zero-order chi connectivity index (χ0) is 14.9. The number of para-hydroxylation sites is 1. The molecule has 1 heterocycles. The minimum Gasteiger partial charge on any atom is -0.326 e. The Bertz CT molecular complexity index is 587. The molecule has 0 aliphatic rings. The largest absolute Gasteiger partial charge is 0.326 e. The first-order valence-electron chi connectivity index (χ1n) is 7.23. The highest BCUT2D eigenvalue weighted by Gasteiger charge is 2.33. The van der Waals surface area contributed by atoms with Gasteiger partial charge in [0.05, 0.1) is 11.2 Å². The van der Waals surface area contributed by atoms with Crippen molar-refractivity contribution < 1.29 is 0 Å². The number of aryl methyl sites for hydroxylation is 1. The van der Waals surface area contributed by atoms with Crippen LogP contribution in [0.4, 0.5) is 0 Å². The zero-order valence-electron chi connectivity index (χ0n) is 13.2. The van der Waals surface area contributed by atoms with Crippen LogP contribution in [0.3, 0.4) is 0 Å². The average molecular weight is 274 g/mol. The third kappa shape index (κ3) is 2.45. The normalized spacial score (nSPS) is 16.6. The van der Waals surface area contributed by atoms with Crippen molar-refractivity contribution in [3.63, 3.8) is 0 Å². The number of nitrogens with two attached hydrogens (primary N) is 1. The first kappa shape index (κ1) is 15.0. The minimum atomic E-state index is -0.0153. The fourth-order valence-corrected chi connectivity index (χ4v) is 2.78. The summed E-state index contributed by atoms with van der Waals surface area (Å²) in [6.07, 6.45) is 1.82. The van der Waals surface area contributed by atoms with Gasteiger partial charge >= 0.3 is 0 Å². The summed E-state index contributed by atoms with van der Waals surface area (Å²) in [5.41, 5.74) is 8.75. The third-order valence-electron chi connectivity index (χ3n) is 4.78. The van der Waals surface area contributed by atoms with E-state index in [1.54, 1.807) is 0 Å². The Morgan fingerprint density at radius 3 is 2.60 bits per heavy atom. The van der Waals surface area contributed by atoms with E-state index in [-0.39, 0.29) is 11.6 Å². The van der Waals surface area contributed by atoms with Crippen LogP contribution in [0.1, 0.15) is 26.0 Å². The van der Waals surface area contributed by atoms with Gasteiger partial charge in [-0.05, 0) is 33.5 Å². The SMILES string of the molecule is CCC(C)(C(N)Cc1nn(C)c2ccccc12)N(C)C. The number of rotatable bonds is 5. The summed E-state index contributed by atoms with van der Waals surface area (Å²) in [6, 6.07) is 8.39. The Kier molecular flexibility index (Phi) is 4.16. The molecule has 0 bridgehead atoms. The van der Waals surface area contributed by atoms with Crippen molar-refractivity contribution in [3.05, 3.63) is 30.0 Å². The number of likely N-dealkylation sites (N-methyl/N-ethyl adjacent to an activating group) is 1. The van der Waals surface area contributed by atoms with E-state index in [1.807, 2.05) is 17.8 Å². The summed E-state index contributed by atoms with van der Waals surface area (Å²) in [7, 11) is 6.18. The molecule has 2 N–H and O–H groups in total. The highest BCUT2D eigenvalue weighted by atomic mass is 15.3. The minimum absolute atomic E-state index is 0.0153. The van der Waals surface area contributed by atoms with E-state index < -0.39 is 0 Å². The fraction of sp³-hybridized carbons (Fsp3) is 0.562. The Morgan fingerprint density at radius 1 is 1.35 bits per heavy atom. The van der Waals surface area contributed by atoms with E-state index in [9.17, 15) is 0 Å². The molecule has 2 rings (SSSR count). The Morgan fingerprint density at radius 2 is 2.00 bits per heavy atom. The predicted molar refractivity (Wildman–Crippen MR) is 84.8 cm³/mol. The number of nitrogens with zero attached hydrogens (tertiary/aromatic N) is 3. The van der Waals surface area contributed by atoms with Gasteiger partial charge in [-0.15, -0.1) is 0 Å². The van der Waals surface area contributed by atoms with E-state index in [1.165, 1.54) is 5.39 Å². The molecule has 4 nitrogen and oxygen atoms in total. The lowest BCUT2D eigenvalue weighted by atomic mass is 9.85. The molecule has 2 aromatic rings. The fourth-order valence-electron chi connectivity index (χ4n) is 2.78. The van der Waals surface area contributed by atoms with Gasteiger partial charge in [-0.3, -0.25) is 4.68 Å². The quantitative estimate of drug-likeness (QED) is 0.909. The molecule has 0 saturated heterocycles. The van der Waals surface area contributed by atoms with Crippen LogP contribution >= 0.6 is 0 Å². The molecule has 0 amide bonds. The Labute approximate surface area is 121 Å². The third-order valence-corrected chi connectivity index (χ3v) is 4.78. The van der Waals surface area contributed by atoms with Crippen molar-refractivity contribution in [3.8, 4) is 0 Å². The zero-order valence-corrected chi connectivity index (χ0v) is 13.2. The molecule has 2 atom stereocenters. The van der Waals surface area contributed by atoms with Gasteiger partial charge in [0.2, 0.25) is 0 Å². The van der Waals surface area contributed by atoms with Gasteiger partial charge in [0, 0.05) is 30.4 Å². The molecule has 2 unspecified atom stereocenters. The van der Waals surface area contributed by atoms with Gasteiger partial charge in [0.15, 0.2) is 0 Å². The van der Waals surface area contributed by atoms with Gasteiger partial charge in [0.1, 0.15) is 0 Å². The molecule has 1 aromatic heterocycles. The number of benzene rings is 1. The van der Waals surface area contributed by atoms with Gasteiger partial charge in [0.25, 0.3) is 0 Å². The predicted octanol–water partition coefficient (Wildman–Crippen LogP) is 2.17. The monoisotopic (exact) mass is 274 g/mol. The van der Waals surface area contributed by atoms with Gasteiger partial charge in [-0.2, -0.15) is 5.10 Å². The molecule has 0 aliphatic heterocycles. The summed E-state index contributed by atoms with van der Waals surface area (Å²) >= 11 is 0. The molecule has 0 saturated carbocycles. The second kappa shape index (κ2) is 5.54. The molecule has 110 valence electrons. The summed E-state index contributed by atoms with van der Waals surface area (Å²) in [4.78, 5) is 2.22. The van der Waals surface area contributed by atoms with Crippen LogP contribution in [0.5, 0.6) is 0 Å². The van der Waals surface area contributed by atoms with E-state index in [0.29, 0.717) is 0 Å². The molecule has 0 fully saturated rings. The lowest BCUT2D eigenvalue weighted by molar-refractivity contribution is 0.131. The van der Waals surface area contributed by atoms with Gasteiger partial charge in [-0.25, -0.2) is 0 Å². The summed E-state index contributed by atoms with van der Waals surface area (Å²) in [5.74, 6) is 0. The van der Waals surface area contributed by atoms with Crippen molar-refractivity contribution in [2.45, 2.75) is 38.3 Å². The standard InChI is InChI=1S/C16H26N4/c1-6-16(2,19(3)4)15(17)11-13-12-9-7-8-10-14(12)20(5)18-13/h7-10,15H,6,11,17H2,1-5H3. The van der Waals surface area contributed by atoms with Crippen molar-refractivity contribution >= 4 is 10.9 Å². The van der Waals surface area contributed by atoms with Crippen LogP contribution in [0.25, 0.3) is 10.9 Å². The first-order chi connectivity index (χ1) is 9.40. The van der Waals surface area contributed by atoms with Crippen LogP contribution < -0.4 is 5.73 Å². The van der Waals surface area contributed by atoms with E-state index >= 15 is 0 Å². The molecule has 0 aliphatic carbocycles. The molecule has 0 spiro atoms. The van der Waals surface area contributed by atoms with Gasteiger partial charge in [-0.1, -0.05) is 25.1 Å². The highest BCUT2D eigenvalue weighted by molar-refractivity contribution is 5.81. The van der Waals surface area contributed by atoms with E-state index in [4.69, 9.17) is 5.73 Å². The lowest BCUT2D eigenvalue weighted by Crippen LogP contribution is -2.55. The number of hydrogen-bond donors (Lipinski definition) is 1. The van der Waals surface area contributed by atoms with Crippen LogP contribution in [0.15, 0.2) is 24.3 Å². The van der Waals surface area contributed by atoms with E-state index in [2.05, 4.69) is 56.1 Å². The molecule has 0 radical (unpaired) electrons. The van der Waals surface area contributed by atoms with Crippen molar-refractivity contribution in [2.24, 2.45) is 12.8 Å². The van der Waals surface area contributed by atoms with Crippen molar-refractivity contribution in [1.29, 1.82) is 0 Å². The number of fused-ring (bicyclic) bond motifs is 1. The maximum absolute atomic E-state index is 6.51. The number of hydrogen-bond acceptors (Lipinski definition) is 3. The lowest BCUT2D eigenvalue weighted by Gasteiger charge is -2.40. The molecular weight excluding hydrogens is 248 g/mol. The Balaban J connectivity index is 2.33. The van der Waals surface area contributed by atoms with E-state index in [0.717, 1.165) is 24.1 Å². The van der Waals surface area contributed by atoms with Gasteiger partial charge < -0.3 is 10.6 Å². The average Bonchev–Trinajstić information content (AvgIpc) is 2.75.